The zero-order chi connectivity index (χ0) is 26.4. The van der Waals surface area contributed by atoms with E-state index in [4.69, 9.17) is 4.74 Å². The summed E-state index contributed by atoms with van der Waals surface area (Å²) < 4.78 is 33.5. The molecule has 1 atom stereocenters. The van der Waals surface area contributed by atoms with E-state index in [2.05, 4.69) is 43.1 Å². The average Bonchev–Trinajstić information content (AvgIpc) is 3.35. The number of ether oxygens (including phenoxy) is 1. The van der Waals surface area contributed by atoms with Gasteiger partial charge >= 0.3 is 0 Å². The first-order valence-corrected chi connectivity index (χ1v) is 12.9. The Morgan fingerprint density at radius 3 is 2.65 bits per heavy atom. The normalized spacial score (nSPS) is 19.3. The van der Waals surface area contributed by atoms with Crippen LogP contribution in [0.15, 0.2) is 47.7 Å². The van der Waals surface area contributed by atoms with Crippen LogP contribution in [0.3, 0.4) is 0 Å². The quantitative estimate of drug-likeness (QED) is 0.436. The molecule has 1 aromatic carbocycles. The molecule has 2 aromatic rings. The van der Waals surface area contributed by atoms with E-state index in [1.165, 1.54) is 0 Å². The summed E-state index contributed by atoms with van der Waals surface area (Å²) >= 11 is 3.31. The van der Waals surface area contributed by atoms with Gasteiger partial charge in [0.15, 0.2) is 0 Å². The number of alkyl halides is 2. The number of amides is 2. The Labute approximate surface area is 222 Å². The number of carbonyl (C=O) groups is 2. The van der Waals surface area contributed by atoms with Gasteiger partial charge in [0, 0.05) is 69.6 Å². The van der Waals surface area contributed by atoms with Crippen LogP contribution in [0.5, 0.6) is 5.75 Å². The van der Waals surface area contributed by atoms with Crippen molar-refractivity contribution in [3.8, 4) is 5.75 Å². The maximum Gasteiger partial charge on any atom is 0.254 e. The van der Waals surface area contributed by atoms with Gasteiger partial charge in [0.05, 0.1) is 10.2 Å². The largest absolute Gasteiger partial charge is 0.490 e. The van der Waals surface area contributed by atoms with Crippen molar-refractivity contribution in [2.24, 2.45) is 0 Å². The summed E-state index contributed by atoms with van der Waals surface area (Å²) in [6.45, 7) is 5.79. The predicted octanol–water partition coefficient (Wildman–Crippen LogP) is 3.80. The van der Waals surface area contributed by atoms with E-state index in [9.17, 15) is 18.4 Å². The van der Waals surface area contributed by atoms with Gasteiger partial charge in [-0.3, -0.25) is 14.5 Å². The lowest BCUT2D eigenvalue weighted by Gasteiger charge is -2.31. The summed E-state index contributed by atoms with van der Waals surface area (Å²) in [6, 6.07) is 4.87. The van der Waals surface area contributed by atoms with Crippen LogP contribution in [0.1, 0.15) is 29.6 Å². The molecule has 0 radical (unpaired) electrons. The topological polar surface area (TPSA) is 99.7 Å². The van der Waals surface area contributed by atoms with E-state index >= 15 is 0 Å². The summed E-state index contributed by atoms with van der Waals surface area (Å²) in [4.78, 5) is 37.2. The van der Waals surface area contributed by atoms with Crippen molar-refractivity contribution in [2.75, 3.05) is 50.0 Å². The van der Waals surface area contributed by atoms with Crippen molar-refractivity contribution in [1.29, 1.82) is 0 Å². The molecule has 3 heterocycles. The molecule has 37 heavy (non-hydrogen) atoms. The van der Waals surface area contributed by atoms with Crippen molar-refractivity contribution in [1.82, 2.24) is 19.8 Å². The highest BCUT2D eigenvalue weighted by Gasteiger charge is 2.33. The van der Waals surface area contributed by atoms with E-state index in [0.717, 1.165) is 17.0 Å². The maximum absolute atomic E-state index is 13.4. The molecule has 0 spiro atoms. The molecule has 1 unspecified atom stereocenters. The van der Waals surface area contributed by atoms with Gasteiger partial charge in [-0.15, -0.1) is 0 Å². The molecule has 1 aromatic heterocycles. The van der Waals surface area contributed by atoms with Gasteiger partial charge < -0.3 is 20.3 Å². The molecular weight excluding hydrogens is 550 g/mol. The van der Waals surface area contributed by atoms with Crippen LogP contribution in [0, 0.1) is 0 Å². The maximum atomic E-state index is 13.4. The fourth-order valence-corrected chi connectivity index (χ4v) is 4.47. The number of benzene rings is 1. The molecule has 198 valence electrons. The summed E-state index contributed by atoms with van der Waals surface area (Å²) in [5, 5.41) is 5.93. The van der Waals surface area contributed by atoms with E-state index < -0.39 is 11.8 Å². The molecule has 2 aliphatic heterocycles. The van der Waals surface area contributed by atoms with Crippen molar-refractivity contribution >= 4 is 39.4 Å². The monoisotopic (exact) mass is 578 g/mol. The molecule has 9 nitrogen and oxygen atoms in total. The fraction of sp³-hybridized carbons (Fsp3) is 0.440. The number of hydrogen-bond donors (Lipinski definition) is 2. The summed E-state index contributed by atoms with van der Waals surface area (Å²) in [7, 11) is 0. The third kappa shape index (κ3) is 7.45. The number of halogens is 3. The third-order valence-corrected chi connectivity index (χ3v) is 6.76. The number of aromatic nitrogens is 2. The Morgan fingerprint density at radius 2 is 1.95 bits per heavy atom. The number of nitrogens with zero attached hydrogens (tertiary/aromatic N) is 4. The summed E-state index contributed by atoms with van der Waals surface area (Å²) in [5.41, 5.74) is 0.824. The van der Waals surface area contributed by atoms with Gasteiger partial charge in [0.2, 0.25) is 11.9 Å². The Kier molecular flexibility index (Phi) is 8.70. The molecule has 2 saturated heterocycles. The zero-order valence-corrected chi connectivity index (χ0v) is 21.8. The lowest BCUT2D eigenvalue weighted by Crippen LogP contribution is -2.41. The standard InChI is InChI=1S/C25H29BrF2N6O3/c1-2-22(35)32-20-4-3-17(13-21(20)37-12-11-33-9-6-25(27,28)7-10-33)23(36)34-8-5-19(16-34)31-24-29-14-18(26)15-30-24/h2-4,13-15,19H,1,5-12,16H2,(H,32,35)(H,29,30,31). The molecule has 2 aliphatic rings. The van der Waals surface area contributed by atoms with E-state index in [1.807, 2.05) is 4.90 Å². The first-order valence-electron chi connectivity index (χ1n) is 12.1. The highest BCUT2D eigenvalue weighted by Crippen LogP contribution is 2.29. The van der Waals surface area contributed by atoms with Gasteiger partial charge in [-0.05, 0) is 46.6 Å². The van der Waals surface area contributed by atoms with Gasteiger partial charge in [-0.25, -0.2) is 18.7 Å². The average molecular weight is 579 g/mol. The van der Waals surface area contributed by atoms with E-state index in [-0.39, 0.29) is 31.4 Å². The Bertz CT molecular complexity index is 1120. The molecule has 12 heteroatoms. The second-order valence-electron chi connectivity index (χ2n) is 9.06. The van der Waals surface area contributed by atoms with Crippen molar-refractivity contribution in [2.45, 2.75) is 31.2 Å². The molecule has 2 N–H and O–H groups in total. The molecule has 0 saturated carbocycles. The minimum atomic E-state index is -2.61. The lowest BCUT2D eigenvalue weighted by atomic mass is 10.1. The number of carbonyl (C=O) groups excluding carboxylic acids is 2. The van der Waals surface area contributed by atoms with Crippen molar-refractivity contribution in [3.63, 3.8) is 0 Å². The van der Waals surface area contributed by atoms with Gasteiger partial charge in [-0.1, -0.05) is 6.58 Å². The van der Waals surface area contributed by atoms with Gasteiger partial charge in [0.1, 0.15) is 12.4 Å². The fourth-order valence-electron chi connectivity index (χ4n) is 4.26. The summed E-state index contributed by atoms with van der Waals surface area (Å²) in [5.74, 6) is -2.35. The Balaban J connectivity index is 1.39. The lowest BCUT2D eigenvalue weighted by molar-refractivity contribution is -0.111. The molecule has 2 fully saturated rings. The molecule has 0 aliphatic carbocycles. The first kappa shape index (κ1) is 26.9. The minimum Gasteiger partial charge on any atom is -0.490 e. The number of anilines is 2. The van der Waals surface area contributed by atoms with Gasteiger partial charge in [-0.2, -0.15) is 0 Å². The predicted molar refractivity (Wildman–Crippen MR) is 139 cm³/mol. The SMILES string of the molecule is C=CC(=O)Nc1ccc(C(=O)N2CCC(Nc3ncc(Br)cn3)C2)cc1OCCN1CCC(F)(F)CC1. The minimum absolute atomic E-state index is 0.0175. The second kappa shape index (κ2) is 12.0. The highest BCUT2D eigenvalue weighted by atomic mass is 79.9. The molecule has 0 bridgehead atoms. The Morgan fingerprint density at radius 1 is 1.22 bits per heavy atom. The molecular formula is C25H29BrF2N6O3. The van der Waals surface area contributed by atoms with Crippen LogP contribution in [0.2, 0.25) is 0 Å². The van der Waals surface area contributed by atoms with Crippen LogP contribution in [0.4, 0.5) is 20.4 Å². The van der Waals surface area contributed by atoms with Crippen LogP contribution < -0.4 is 15.4 Å². The number of nitrogens with one attached hydrogen (secondary N) is 2. The van der Waals surface area contributed by atoms with E-state index in [0.29, 0.717) is 55.7 Å². The second-order valence-corrected chi connectivity index (χ2v) is 9.97. The van der Waals surface area contributed by atoms with E-state index in [1.54, 1.807) is 35.5 Å². The third-order valence-electron chi connectivity index (χ3n) is 6.35. The van der Waals surface area contributed by atoms with Crippen molar-refractivity contribution < 1.29 is 23.1 Å². The molecule has 2 amide bonds. The Hall–Kier alpha value is -3.12. The first-order chi connectivity index (χ1) is 17.7. The van der Waals surface area contributed by atoms with Gasteiger partial charge in [0.25, 0.3) is 11.8 Å². The number of likely N-dealkylation sites (tertiary alicyclic amines) is 2. The van der Waals surface area contributed by atoms with Crippen LogP contribution in [0.25, 0.3) is 0 Å². The molecule has 4 rings (SSSR count). The number of hydrogen-bond acceptors (Lipinski definition) is 7. The van der Waals surface area contributed by atoms with Crippen LogP contribution in [-0.4, -0.2) is 82.9 Å². The van der Waals surface area contributed by atoms with Crippen LogP contribution in [-0.2, 0) is 4.79 Å². The summed E-state index contributed by atoms with van der Waals surface area (Å²) in [6.07, 6.45) is 4.86. The smallest absolute Gasteiger partial charge is 0.254 e. The number of rotatable bonds is 9. The number of piperidine rings is 1. The van der Waals surface area contributed by atoms with Crippen LogP contribution >= 0.6 is 15.9 Å². The van der Waals surface area contributed by atoms with Crippen molar-refractivity contribution in [3.05, 3.63) is 53.3 Å². The zero-order valence-electron chi connectivity index (χ0n) is 20.3. The highest BCUT2D eigenvalue weighted by molar-refractivity contribution is 9.10.